The number of nitrogens with zero attached hydrogens (tertiary/aromatic N) is 1. The molecule has 27 heavy (non-hydrogen) atoms. The predicted molar refractivity (Wildman–Crippen MR) is 115 cm³/mol. The first-order valence-electron chi connectivity index (χ1n) is 9.75. The van der Waals surface area contributed by atoms with E-state index >= 15 is 0 Å². The third-order valence-corrected chi connectivity index (χ3v) is 6.55. The molecule has 3 aromatic carbocycles. The van der Waals surface area contributed by atoms with Crippen molar-refractivity contribution in [2.75, 3.05) is 13.1 Å². The number of carbonyl (C=O) groups excluding carboxylic acids is 1. The van der Waals surface area contributed by atoms with Crippen molar-refractivity contribution in [1.82, 2.24) is 4.90 Å². The highest BCUT2D eigenvalue weighted by molar-refractivity contribution is 7.99. The van der Waals surface area contributed by atoms with Crippen LogP contribution in [0.2, 0.25) is 0 Å². The molecule has 0 radical (unpaired) electrons. The fourth-order valence-electron chi connectivity index (χ4n) is 3.82. The summed E-state index contributed by atoms with van der Waals surface area (Å²) >= 11 is 1.88. The number of hydrogen-bond donors (Lipinski definition) is 0. The largest absolute Gasteiger partial charge is 0.291 e. The monoisotopic (exact) mass is 375 g/mol. The third kappa shape index (κ3) is 4.10. The molecule has 0 bridgehead atoms. The van der Waals surface area contributed by atoms with Gasteiger partial charge in [0.05, 0.1) is 5.37 Å². The van der Waals surface area contributed by atoms with Gasteiger partial charge in [-0.3, -0.25) is 9.69 Å². The van der Waals surface area contributed by atoms with Gasteiger partial charge in [0.25, 0.3) is 0 Å². The Kier molecular flexibility index (Phi) is 5.61. The van der Waals surface area contributed by atoms with Gasteiger partial charge in [0, 0.05) is 16.0 Å². The Morgan fingerprint density at radius 2 is 1.59 bits per heavy atom. The zero-order valence-electron chi connectivity index (χ0n) is 15.7. The Hall–Kier alpha value is -2.10. The topological polar surface area (TPSA) is 20.3 Å². The Balaban J connectivity index is 1.50. The molecule has 1 aliphatic heterocycles. The van der Waals surface area contributed by atoms with Crippen LogP contribution in [0, 0.1) is 0 Å². The molecule has 0 N–H and O–H groups in total. The first kappa shape index (κ1) is 18.3. The number of fused-ring (bicyclic) bond motifs is 1. The maximum absolute atomic E-state index is 13.0. The number of ketones is 1. The average molecular weight is 376 g/mol. The fourth-order valence-corrected chi connectivity index (χ4v) is 4.86. The van der Waals surface area contributed by atoms with Gasteiger partial charge in [0.15, 0.2) is 5.78 Å². The maximum Gasteiger partial charge on any atom is 0.193 e. The van der Waals surface area contributed by atoms with Gasteiger partial charge in [-0.05, 0) is 67.9 Å². The second-order valence-electron chi connectivity index (χ2n) is 7.19. The first-order chi connectivity index (χ1) is 13.2. The molecular weight excluding hydrogens is 350 g/mol. The molecule has 1 atom stereocenters. The van der Waals surface area contributed by atoms with Gasteiger partial charge in [-0.15, -0.1) is 11.8 Å². The number of piperidine rings is 1. The molecule has 0 amide bonds. The highest BCUT2D eigenvalue weighted by Crippen LogP contribution is 2.28. The molecule has 0 saturated carbocycles. The van der Waals surface area contributed by atoms with E-state index in [2.05, 4.69) is 24.0 Å². The highest BCUT2D eigenvalue weighted by Gasteiger charge is 2.18. The summed E-state index contributed by atoms with van der Waals surface area (Å²) in [5.41, 5.74) is 1.52. The summed E-state index contributed by atoms with van der Waals surface area (Å²) < 4.78 is 0. The first-order valence-corrected chi connectivity index (χ1v) is 10.6. The zero-order valence-corrected chi connectivity index (χ0v) is 16.5. The van der Waals surface area contributed by atoms with E-state index in [1.807, 2.05) is 66.4 Å². The van der Waals surface area contributed by atoms with Crippen LogP contribution in [0.25, 0.3) is 10.8 Å². The van der Waals surface area contributed by atoms with Gasteiger partial charge in [0.1, 0.15) is 0 Å². The van der Waals surface area contributed by atoms with Crippen molar-refractivity contribution in [3.8, 4) is 0 Å². The van der Waals surface area contributed by atoms with Crippen molar-refractivity contribution < 1.29 is 4.79 Å². The SMILES string of the molecule is CC(Sc1ccc(C(=O)c2cccc3ccccc23)cc1)N1CCCCC1. The summed E-state index contributed by atoms with van der Waals surface area (Å²) in [5.74, 6) is 0.0902. The number of likely N-dealkylation sites (tertiary alicyclic amines) is 1. The van der Waals surface area contributed by atoms with Crippen LogP contribution >= 0.6 is 11.8 Å². The molecule has 138 valence electrons. The summed E-state index contributed by atoms with van der Waals surface area (Å²) in [5, 5.41) is 2.60. The molecule has 0 aromatic heterocycles. The number of rotatable bonds is 5. The molecule has 1 aliphatic rings. The van der Waals surface area contributed by atoms with Gasteiger partial charge in [0.2, 0.25) is 0 Å². The van der Waals surface area contributed by atoms with E-state index in [0.29, 0.717) is 5.37 Å². The Labute approximate surface area is 165 Å². The molecule has 1 fully saturated rings. The van der Waals surface area contributed by atoms with E-state index in [1.54, 1.807) is 0 Å². The van der Waals surface area contributed by atoms with Gasteiger partial charge in [-0.2, -0.15) is 0 Å². The molecule has 4 rings (SSSR count). The van der Waals surface area contributed by atoms with Crippen molar-refractivity contribution in [3.05, 3.63) is 77.9 Å². The standard InChI is InChI=1S/C24H25NOS/c1-18(25-16-5-2-6-17-25)27-21-14-12-20(13-15-21)24(26)23-11-7-9-19-8-3-4-10-22(19)23/h3-4,7-15,18H,2,5-6,16-17H2,1H3. The Morgan fingerprint density at radius 3 is 2.37 bits per heavy atom. The van der Waals surface area contributed by atoms with Crippen molar-refractivity contribution >= 4 is 28.3 Å². The normalized spacial score (nSPS) is 16.3. The minimum Gasteiger partial charge on any atom is -0.291 e. The zero-order chi connectivity index (χ0) is 18.6. The van der Waals surface area contributed by atoms with E-state index in [9.17, 15) is 4.79 Å². The van der Waals surface area contributed by atoms with Crippen molar-refractivity contribution in [2.24, 2.45) is 0 Å². The van der Waals surface area contributed by atoms with Crippen LogP contribution in [-0.4, -0.2) is 29.1 Å². The second-order valence-corrected chi connectivity index (χ2v) is 8.58. The van der Waals surface area contributed by atoms with Crippen LogP contribution in [-0.2, 0) is 0 Å². The predicted octanol–water partition coefficient (Wildman–Crippen LogP) is 5.99. The number of thioether (sulfide) groups is 1. The second kappa shape index (κ2) is 8.28. The highest BCUT2D eigenvalue weighted by atomic mass is 32.2. The Morgan fingerprint density at radius 1 is 0.889 bits per heavy atom. The van der Waals surface area contributed by atoms with Gasteiger partial charge in [-0.25, -0.2) is 0 Å². The lowest BCUT2D eigenvalue weighted by atomic mass is 9.97. The quantitative estimate of drug-likeness (QED) is 0.403. The summed E-state index contributed by atoms with van der Waals surface area (Å²) in [6.45, 7) is 4.68. The summed E-state index contributed by atoms with van der Waals surface area (Å²) in [7, 11) is 0. The molecule has 3 heteroatoms. The van der Waals surface area contributed by atoms with Crippen LogP contribution < -0.4 is 0 Å². The molecule has 3 aromatic rings. The van der Waals surface area contributed by atoms with Gasteiger partial charge in [-0.1, -0.05) is 48.9 Å². The molecule has 2 nitrogen and oxygen atoms in total. The lowest BCUT2D eigenvalue weighted by Gasteiger charge is -2.31. The molecule has 0 aliphatic carbocycles. The van der Waals surface area contributed by atoms with E-state index in [0.717, 1.165) is 21.9 Å². The van der Waals surface area contributed by atoms with E-state index in [-0.39, 0.29) is 5.78 Å². The van der Waals surface area contributed by atoms with Crippen LogP contribution in [0.3, 0.4) is 0 Å². The number of carbonyl (C=O) groups is 1. The number of hydrogen-bond acceptors (Lipinski definition) is 3. The molecule has 1 heterocycles. The van der Waals surface area contributed by atoms with Gasteiger partial charge < -0.3 is 0 Å². The summed E-state index contributed by atoms with van der Waals surface area (Å²) in [6.07, 6.45) is 3.98. The van der Waals surface area contributed by atoms with Crippen molar-refractivity contribution in [3.63, 3.8) is 0 Å². The van der Waals surface area contributed by atoms with Crippen LogP contribution in [0.5, 0.6) is 0 Å². The van der Waals surface area contributed by atoms with Crippen LogP contribution in [0.4, 0.5) is 0 Å². The molecular formula is C24H25NOS. The lowest BCUT2D eigenvalue weighted by molar-refractivity contribution is 0.104. The molecule has 1 saturated heterocycles. The van der Waals surface area contributed by atoms with E-state index in [1.165, 1.54) is 37.2 Å². The van der Waals surface area contributed by atoms with E-state index in [4.69, 9.17) is 0 Å². The molecule has 1 unspecified atom stereocenters. The summed E-state index contributed by atoms with van der Waals surface area (Å²) in [6, 6.07) is 22.1. The Bertz CT molecular complexity index is 923. The third-order valence-electron chi connectivity index (χ3n) is 5.36. The van der Waals surface area contributed by atoms with Crippen molar-refractivity contribution in [2.45, 2.75) is 36.5 Å². The van der Waals surface area contributed by atoms with Crippen LogP contribution in [0.15, 0.2) is 71.6 Å². The fraction of sp³-hybridized carbons (Fsp3) is 0.292. The van der Waals surface area contributed by atoms with Crippen molar-refractivity contribution in [1.29, 1.82) is 0 Å². The minimum absolute atomic E-state index is 0.0902. The molecule has 0 spiro atoms. The summed E-state index contributed by atoms with van der Waals surface area (Å²) in [4.78, 5) is 16.8. The lowest BCUT2D eigenvalue weighted by Crippen LogP contribution is -2.35. The van der Waals surface area contributed by atoms with E-state index < -0.39 is 0 Å². The smallest absolute Gasteiger partial charge is 0.193 e. The maximum atomic E-state index is 13.0. The average Bonchev–Trinajstić information content (AvgIpc) is 2.74. The van der Waals surface area contributed by atoms with Crippen LogP contribution in [0.1, 0.15) is 42.1 Å². The van der Waals surface area contributed by atoms with Gasteiger partial charge >= 0.3 is 0 Å². The number of benzene rings is 3. The minimum atomic E-state index is 0.0902.